The van der Waals surface area contributed by atoms with Gasteiger partial charge in [0.1, 0.15) is 0 Å². The summed E-state index contributed by atoms with van der Waals surface area (Å²) in [6.07, 6.45) is 0. The second kappa shape index (κ2) is 8.13. The fourth-order valence-corrected chi connectivity index (χ4v) is 4.96. The van der Waals surface area contributed by atoms with Gasteiger partial charge < -0.3 is 4.52 Å². The van der Waals surface area contributed by atoms with Crippen molar-refractivity contribution < 1.29 is 4.52 Å². The number of thiophene rings is 1. The van der Waals surface area contributed by atoms with Crippen molar-refractivity contribution in [3.63, 3.8) is 0 Å². The molecule has 0 radical (unpaired) electrons. The molecule has 0 bridgehead atoms. The molecule has 0 aliphatic carbocycles. The third-order valence-electron chi connectivity index (χ3n) is 4.74. The van der Waals surface area contributed by atoms with E-state index in [-0.39, 0.29) is 5.56 Å². The fourth-order valence-electron chi connectivity index (χ4n) is 3.46. The predicted molar refractivity (Wildman–Crippen MR) is 124 cm³/mol. The number of thioether (sulfide) groups is 1. The first-order valence-electron chi connectivity index (χ1n) is 9.68. The van der Waals surface area contributed by atoms with E-state index in [4.69, 9.17) is 9.51 Å². The van der Waals surface area contributed by atoms with Crippen LogP contribution in [-0.4, -0.2) is 19.7 Å². The average Bonchev–Trinajstić information content (AvgIpc) is 3.43. The van der Waals surface area contributed by atoms with E-state index >= 15 is 0 Å². The van der Waals surface area contributed by atoms with E-state index in [2.05, 4.69) is 16.2 Å². The molecule has 3 heterocycles. The van der Waals surface area contributed by atoms with Gasteiger partial charge in [-0.25, -0.2) is 4.98 Å². The summed E-state index contributed by atoms with van der Waals surface area (Å²) in [6, 6.07) is 17.4. The molecule has 0 atom stereocenters. The smallest absolute Gasteiger partial charge is 0.268 e. The molecule has 0 saturated heterocycles. The van der Waals surface area contributed by atoms with E-state index in [1.165, 1.54) is 11.8 Å². The van der Waals surface area contributed by atoms with Gasteiger partial charge in [0.05, 0.1) is 27.2 Å². The Kier molecular flexibility index (Phi) is 5.17. The number of fused-ring (bicyclic) bond motifs is 1. The van der Waals surface area contributed by atoms with E-state index < -0.39 is 0 Å². The molecule has 0 unspecified atom stereocenters. The summed E-state index contributed by atoms with van der Waals surface area (Å²) >= 11 is 2.97. The lowest BCUT2D eigenvalue weighted by atomic mass is 10.1. The van der Waals surface area contributed by atoms with Gasteiger partial charge in [0, 0.05) is 0 Å². The maximum Gasteiger partial charge on any atom is 0.268 e. The van der Waals surface area contributed by atoms with Gasteiger partial charge in [-0.3, -0.25) is 9.36 Å². The highest BCUT2D eigenvalue weighted by atomic mass is 32.2. The molecule has 0 aliphatic heterocycles. The van der Waals surface area contributed by atoms with Crippen molar-refractivity contribution in [2.75, 3.05) is 0 Å². The largest absolute Gasteiger partial charge is 0.333 e. The SMILES string of the molecule is Cc1cc(C)cc(-n2c(SCc3noc(-c4cccs4)n3)nc3ccccc3c2=O)c1. The number of aryl methyl sites for hydroxylation is 2. The molecular weight excluding hydrogens is 428 g/mol. The third kappa shape index (κ3) is 3.92. The molecular formula is C23H18N4O2S2. The van der Waals surface area contributed by atoms with Crippen LogP contribution in [0, 0.1) is 13.8 Å². The van der Waals surface area contributed by atoms with Crippen molar-refractivity contribution in [2.24, 2.45) is 0 Å². The quantitative estimate of drug-likeness (QED) is 0.266. The van der Waals surface area contributed by atoms with Gasteiger partial charge >= 0.3 is 0 Å². The highest BCUT2D eigenvalue weighted by Crippen LogP contribution is 2.27. The van der Waals surface area contributed by atoms with Gasteiger partial charge in [0.15, 0.2) is 11.0 Å². The summed E-state index contributed by atoms with van der Waals surface area (Å²) < 4.78 is 7.06. The van der Waals surface area contributed by atoms with Crippen LogP contribution in [0.1, 0.15) is 17.0 Å². The summed E-state index contributed by atoms with van der Waals surface area (Å²) in [5.74, 6) is 1.50. The number of benzene rings is 2. The number of rotatable bonds is 5. The van der Waals surface area contributed by atoms with E-state index in [0.29, 0.717) is 33.5 Å². The molecule has 5 rings (SSSR count). The highest BCUT2D eigenvalue weighted by molar-refractivity contribution is 7.98. The molecule has 0 fully saturated rings. The second-order valence-corrected chi connectivity index (χ2v) is 9.07. The number of para-hydroxylation sites is 1. The van der Waals surface area contributed by atoms with Crippen molar-refractivity contribution in [1.82, 2.24) is 19.7 Å². The summed E-state index contributed by atoms with van der Waals surface area (Å²) in [5, 5.41) is 7.24. The topological polar surface area (TPSA) is 73.8 Å². The average molecular weight is 447 g/mol. The molecule has 0 aliphatic rings. The van der Waals surface area contributed by atoms with Gasteiger partial charge in [0.2, 0.25) is 0 Å². The van der Waals surface area contributed by atoms with Crippen LogP contribution in [0.2, 0.25) is 0 Å². The summed E-state index contributed by atoms with van der Waals surface area (Å²) in [5.41, 5.74) is 3.55. The number of hydrogen-bond acceptors (Lipinski definition) is 7. The Labute approximate surface area is 186 Å². The lowest BCUT2D eigenvalue weighted by Crippen LogP contribution is -2.22. The highest BCUT2D eigenvalue weighted by Gasteiger charge is 2.16. The fraction of sp³-hybridized carbons (Fsp3) is 0.130. The lowest BCUT2D eigenvalue weighted by molar-refractivity contribution is 0.426. The van der Waals surface area contributed by atoms with E-state index in [0.717, 1.165) is 21.7 Å². The van der Waals surface area contributed by atoms with Gasteiger partial charge in [-0.2, -0.15) is 4.98 Å². The number of nitrogens with zero attached hydrogens (tertiary/aromatic N) is 4. The van der Waals surface area contributed by atoms with Crippen LogP contribution in [0.5, 0.6) is 0 Å². The second-order valence-electron chi connectivity index (χ2n) is 7.18. The van der Waals surface area contributed by atoms with Gasteiger partial charge in [-0.05, 0) is 60.7 Å². The Bertz CT molecular complexity index is 1420. The predicted octanol–water partition coefficient (Wildman–Crippen LogP) is 5.41. The third-order valence-corrected chi connectivity index (χ3v) is 6.53. The van der Waals surface area contributed by atoms with E-state index in [1.54, 1.807) is 15.9 Å². The molecule has 5 aromatic rings. The van der Waals surface area contributed by atoms with Crippen molar-refractivity contribution in [1.29, 1.82) is 0 Å². The van der Waals surface area contributed by atoms with E-state index in [1.807, 2.05) is 67.8 Å². The molecule has 0 amide bonds. The Morgan fingerprint density at radius 1 is 1.03 bits per heavy atom. The van der Waals surface area contributed by atoms with Gasteiger partial charge in [-0.1, -0.05) is 41.2 Å². The van der Waals surface area contributed by atoms with Crippen LogP contribution in [-0.2, 0) is 5.75 Å². The molecule has 3 aromatic heterocycles. The van der Waals surface area contributed by atoms with Crippen LogP contribution in [0.4, 0.5) is 0 Å². The normalized spacial score (nSPS) is 11.3. The molecule has 8 heteroatoms. The first-order valence-corrected chi connectivity index (χ1v) is 11.5. The Hall–Kier alpha value is -3.23. The summed E-state index contributed by atoms with van der Waals surface area (Å²) in [6.45, 7) is 4.04. The van der Waals surface area contributed by atoms with Crippen LogP contribution in [0.3, 0.4) is 0 Å². The molecule has 0 saturated carbocycles. The minimum absolute atomic E-state index is 0.0921. The van der Waals surface area contributed by atoms with Crippen molar-refractivity contribution in [2.45, 2.75) is 24.8 Å². The van der Waals surface area contributed by atoms with Crippen molar-refractivity contribution in [3.05, 3.63) is 87.3 Å². The van der Waals surface area contributed by atoms with Gasteiger partial charge in [-0.15, -0.1) is 11.3 Å². The molecule has 0 N–H and O–H groups in total. The van der Waals surface area contributed by atoms with Crippen LogP contribution >= 0.6 is 23.1 Å². The Morgan fingerprint density at radius 2 is 1.84 bits per heavy atom. The van der Waals surface area contributed by atoms with Crippen molar-refractivity contribution >= 4 is 34.0 Å². The molecule has 2 aromatic carbocycles. The van der Waals surface area contributed by atoms with Crippen LogP contribution in [0.15, 0.2) is 74.5 Å². The van der Waals surface area contributed by atoms with E-state index in [9.17, 15) is 4.79 Å². The summed E-state index contributed by atoms with van der Waals surface area (Å²) in [4.78, 5) is 23.6. The lowest BCUT2D eigenvalue weighted by Gasteiger charge is -2.14. The minimum atomic E-state index is -0.0921. The number of hydrogen-bond donors (Lipinski definition) is 0. The van der Waals surface area contributed by atoms with Crippen molar-refractivity contribution in [3.8, 4) is 16.5 Å². The molecule has 6 nitrogen and oxygen atoms in total. The first kappa shape index (κ1) is 19.7. The maximum absolute atomic E-state index is 13.4. The van der Waals surface area contributed by atoms with Crippen LogP contribution < -0.4 is 5.56 Å². The first-order chi connectivity index (χ1) is 15.1. The van der Waals surface area contributed by atoms with Gasteiger partial charge in [0.25, 0.3) is 11.4 Å². The molecule has 0 spiro atoms. The standard InChI is InChI=1S/C23H18N4O2S2/c1-14-10-15(2)12-16(11-14)27-22(28)17-6-3-4-7-18(17)24-23(27)31-13-20-25-21(29-26-20)19-8-5-9-30-19/h3-12H,13H2,1-2H3. The minimum Gasteiger partial charge on any atom is -0.333 e. The van der Waals surface area contributed by atoms with Crippen LogP contribution in [0.25, 0.3) is 27.4 Å². The monoisotopic (exact) mass is 446 g/mol. The zero-order valence-corrected chi connectivity index (χ0v) is 18.5. The summed E-state index contributed by atoms with van der Waals surface area (Å²) in [7, 11) is 0. The zero-order chi connectivity index (χ0) is 21.4. The zero-order valence-electron chi connectivity index (χ0n) is 16.9. The Morgan fingerprint density at radius 3 is 2.61 bits per heavy atom. The molecule has 31 heavy (non-hydrogen) atoms. The number of aromatic nitrogens is 4. The maximum atomic E-state index is 13.4. The molecule has 154 valence electrons. The Balaban J connectivity index is 1.56.